The van der Waals surface area contributed by atoms with E-state index in [1.165, 1.54) is 22.2 Å². The minimum atomic E-state index is -0.908. The molecular formula is C15H19NO4S. The number of aliphatic carboxylic acids is 1. The van der Waals surface area contributed by atoms with Gasteiger partial charge in [-0.25, -0.2) is 0 Å². The predicted octanol–water partition coefficient (Wildman–Crippen LogP) is 1.48. The molecule has 2 atom stereocenters. The molecule has 6 heteroatoms. The first-order valence-electron chi connectivity index (χ1n) is 6.77. The van der Waals surface area contributed by atoms with Crippen molar-refractivity contribution in [1.29, 1.82) is 0 Å². The Morgan fingerprint density at radius 3 is 2.71 bits per heavy atom. The monoisotopic (exact) mass is 309 g/mol. The first-order valence-corrected chi connectivity index (χ1v) is 7.93. The Hall–Kier alpha value is -1.53. The van der Waals surface area contributed by atoms with Gasteiger partial charge < -0.3 is 14.7 Å². The Kier molecular flexibility index (Phi) is 5.64. The molecule has 1 amide bonds. The van der Waals surface area contributed by atoms with Crippen molar-refractivity contribution in [1.82, 2.24) is 4.90 Å². The van der Waals surface area contributed by atoms with Crippen molar-refractivity contribution in [3.05, 3.63) is 35.9 Å². The molecule has 0 aromatic heterocycles. The second kappa shape index (κ2) is 7.47. The molecule has 21 heavy (non-hydrogen) atoms. The number of carbonyl (C=O) groups is 2. The van der Waals surface area contributed by atoms with Crippen LogP contribution < -0.4 is 0 Å². The Labute approximate surface area is 128 Å². The molecular weight excluding hydrogens is 290 g/mol. The largest absolute Gasteiger partial charge is 0.481 e. The Balaban J connectivity index is 1.81. The fourth-order valence-electron chi connectivity index (χ4n) is 2.28. The molecule has 1 aliphatic heterocycles. The maximum Gasteiger partial charge on any atom is 0.311 e. The van der Waals surface area contributed by atoms with Gasteiger partial charge in [0.2, 0.25) is 5.91 Å². The zero-order valence-electron chi connectivity index (χ0n) is 11.9. The van der Waals surface area contributed by atoms with Crippen molar-refractivity contribution in [3.63, 3.8) is 0 Å². The third-order valence-corrected chi connectivity index (χ3v) is 4.58. The smallest absolute Gasteiger partial charge is 0.311 e. The van der Waals surface area contributed by atoms with Gasteiger partial charge in [0.25, 0.3) is 0 Å². The molecule has 114 valence electrons. The molecule has 2 rings (SSSR count). The van der Waals surface area contributed by atoms with Crippen LogP contribution in [0.2, 0.25) is 0 Å². The second-order valence-corrected chi connectivity index (χ2v) is 6.02. The third kappa shape index (κ3) is 4.22. The molecule has 1 aliphatic rings. The number of benzene rings is 1. The zero-order valence-corrected chi connectivity index (χ0v) is 12.7. The van der Waals surface area contributed by atoms with Crippen molar-refractivity contribution in [2.24, 2.45) is 5.92 Å². The lowest BCUT2D eigenvalue weighted by Gasteiger charge is -2.26. The summed E-state index contributed by atoms with van der Waals surface area (Å²) in [7, 11) is 1.65. The highest BCUT2D eigenvalue weighted by molar-refractivity contribution is 7.99. The standard InChI is InChI=1S/C15H19NO4S/c1-16(13-8-20-7-12(13)15(18)19)14(17)10-21-9-11-5-3-2-4-6-11/h2-6,12-13H,7-10H2,1H3,(H,18,19). The van der Waals surface area contributed by atoms with Crippen LogP contribution in [-0.2, 0) is 20.1 Å². The SMILES string of the molecule is CN(C(=O)CSCc1ccccc1)C1COCC1C(=O)O. The first kappa shape index (κ1) is 15.9. The highest BCUT2D eigenvalue weighted by Gasteiger charge is 2.38. The maximum absolute atomic E-state index is 12.1. The van der Waals surface area contributed by atoms with Crippen LogP contribution in [0.25, 0.3) is 0 Å². The third-order valence-electron chi connectivity index (χ3n) is 3.60. The van der Waals surface area contributed by atoms with Crippen molar-refractivity contribution >= 4 is 23.6 Å². The molecule has 1 aromatic rings. The van der Waals surface area contributed by atoms with Gasteiger partial charge in [-0.15, -0.1) is 11.8 Å². The summed E-state index contributed by atoms with van der Waals surface area (Å²) in [6, 6.07) is 9.57. The highest BCUT2D eigenvalue weighted by atomic mass is 32.2. The number of amides is 1. The number of rotatable bonds is 6. The van der Waals surface area contributed by atoms with Gasteiger partial charge in [0.15, 0.2) is 0 Å². The number of likely N-dealkylation sites (N-methyl/N-ethyl adjacent to an activating group) is 1. The van der Waals surface area contributed by atoms with E-state index in [1.807, 2.05) is 30.3 Å². The molecule has 0 bridgehead atoms. The summed E-state index contributed by atoms with van der Waals surface area (Å²) in [5.74, 6) is -0.483. The van der Waals surface area contributed by atoms with E-state index in [1.54, 1.807) is 7.05 Å². The van der Waals surface area contributed by atoms with E-state index >= 15 is 0 Å². The summed E-state index contributed by atoms with van der Waals surface area (Å²) in [6.07, 6.45) is 0. The summed E-state index contributed by atoms with van der Waals surface area (Å²) < 4.78 is 5.19. The summed E-state index contributed by atoms with van der Waals surface area (Å²) in [4.78, 5) is 24.8. The minimum absolute atomic E-state index is 0.0577. The molecule has 0 spiro atoms. The Morgan fingerprint density at radius 2 is 2.05 bits per heavy atom. The fourth-order valence-corrected chi connectivity index (χ4v) is 3.19. The number of hydrogen-bond donors (Lipinski definition) is 1. The molecule has 5 nitrogen and oxygen atoms in total. The minimum Gasteiger partial charge on any atom is -0.481 e. The molecule has 1 fully saturated rings. The van der Waals surface area contributed by atoms with Gasteiger partial charge in [-0.05, 0) is 5.56 Å². The van der Waals surface area contributed by atoms with Crippen molar-refractivity contribution in [2.45, 2.75) is 11.8 Å². The van der Waals surface area contributed by atoms with E-state index in [0.29, 0.717) is 12.4 Å². The number of carboxylic acid groups (broad SMARTS) is 1. The molecule has 0 saturated carbocycles. The fraction of sp³-hybridized carbons (Fsp3) is 0.467. The number of ether oxygens (including phenoxy) is 1. The van der Waals surface area contributed by atoms with Crippen LogP contribution >= 0.6 is 11.8 Å². The maximum atomic E-state index is 12.1. The van der Waals surface area contributed by atoms with Gasteiger partial charge in [-0.1, -0.05) is 30.3 Å². The van der Waals surface area contributed by atoms with Gasteiger partial charge in [-0.2, -0.15) is 0 Å². The molecule has 1 heterocycles. The average Bonchev–Trinajstić information content (AvgIpc) is 2.97. The zero-order chi connectivity index (χ0) is 15.2. The normalized spacial score (nSPS) is 21.2. The van der Waals surface area contributed by atoms with Crippen LogP contribution in [0.1, 0.15) is 5.56 Å². The van der Waals surface area contributed by atoms with Gasteiger partial charge in [-0.3, -0.25) is 9.59 Å². The van der Waals surface area contributed by atoms with Crippen LogP contribution in [0.4, 0.5) is 0 Å². The van der Waals surface area contributed by atoms with E-state index in [2.05, 4.69) is 0 Å². The van der Waals surface area contributed by atoms with Gasteiger partial charge in [0.05, 0.1) is 25.0 Å². The molecule has 2 unspecified atom stereocenters. The molecule has 1 saturated heterocycles. The Bertz CT molecular complexity index is 494. The first-order chi connectivity index (χ1) is 10.1. The summed E-state index contributed by atoms with van der Waals surface area (Å²) in [5.41, 5.74) is 1.17. The van der Waals surface area contributed by atoms with Crippen LogP contribution in [0.5, 0.6) is 0 Å². The quantitative estimate of drug-likeness (QED) is 0.862. The van der Waals surface area contributed by atoms with E-state index in [0.717, 1.165) is 5.75 Å². The van der Waals surface area contributed by atoms with Crippen molar-refractivity contribution in [2.75, 3.05) is 26.0 Å². The number of carboxylic acids is 1. The summed E-state index contributed by atoms with van der Waals surface area (Å²) in [6.45, 7) is 0.470. The lowest BCUT2D eigenvalue weighted by molar-refractivity contribution is -0.144. The second-order valence-electron chi connectivity index (χ2n) is 5.03. The number of hydrogen-bond acceptors (Lipinski definition) is 4. The molecule has 1 aromatic carbocycles. The van der Waals surface area contributed by atoms with Gasteiger partial charge in [0.1, 0.15) is 5.92 Å². The van der Waals surface area contributed by atoms with Crippen LogP contribution in [-0.4, -0.2) is 53.9 Å². The van der Waals surface area contributed by atoms with Gasteiger partial charge in [0, 0.05) is 12.8 Å². The average molecular weight is 309 g/mol. The van der Waals surface area contributed by atoms with E-state index in [4.69, 9.17) is 9.84 Å². The summed E-state index contributed by atoms with van der Waals surface area (Å²) in [5, 5.41) is 9.12. The topological polar surface area (TPSA) is 66.8 Å². The highest BCUT2D eigenvalue weighted by Crippen LogP contribution is 2.20. The Morgan fingerprint density at radius 1 is 1.33 bits per heavy atom. The molecule has 0 aliphatic carbocycles. The van der Waals surface area contributed by atoms with Crippen LogP contribution in [0, 0.1) is 5.92 Å². The van der Waals surface area contributed by atoms with Crippen molar-refractivity contribution < 1.29 is 19.4 Å². The molecule has 1 N–H and O–H groups in total. The number of thioether (sulfide) groups is 1. The van der Waals surface area contributed by atoms with E-state index in [9.17, 15) is 9.59 Å². The van der Waals surface area contributed by atoms with Gasteiger partial charge >= 0.3 is 5.97 Å². The molecule has 0 radical (unpaired) electrons. The summed E-state index contributed by atoms with van der Waals surface area (Å²) >= 11 is 1.53. The van der Waals surface area contributed by atoms with E-state index < -0.39 is 11.9 Å². The lowest BCUT2D eigenvalue weighted by Crippen LogP contribution is -2.44. The van der Waals surface area contributed by atoms with Crippen molar-refractivity contribution in [3.8, 4) is 0 Å². The van der Waals surface area contributed by atoms with Crippen LogP contribution in [0.15, 0.2) is 30.3 Å². The number of nitrogens with zero attached hydrogens (tertiary/aromatic N) is 1. The predicted molar refractivity (Wildman–Crippen MR) is 81.1 cm³/mol. The van der Waals surface area contributed by atoms with E-state index in [-0.39, 0.29) is 18.6 Å². The lowest BCUT2D eigenvalue weighted by atomic mass is 10.0. The van der Waals surface area contributed by atoms with Crippen LogP contribution in [0.3, 0.4) is 0 Å². The number of carbonyl (C=O) groups excluding carboxylic acids is 1.